The van der Waals surface area contributed by atoms with Crippen molar-refractivity contribution in [2.45, 2.75) is 88.8 Å². The van der Waals surface area contributed by atoms with E-state index in [4.69, 9.17) is 22.0 Å². The first-order chi connectivity index (χ1) is 19.5. The second kappa shape index (κ2) is 12.7. The van der Waals surface area contributed by atoms with Gasteiger partial charge >= 0.3 is 5.97 Å². The zero-order valence-electron chi connectivity index (χ0n) is 23.6. The third kappa shape index (κ3) is 6.70. The highest BCUT2D eigenvalue weighted by molar-refractivity contribution is 5.99. The van der Waals surface area contributed by atoms with Crippen molar-refractivity contribution in [1.82, 2.24) is 20.5 Å². The Morgan fingerprint density at radius 3 is 2.76 bits per heavy atom. The summed E-state index contributed by atoms with van der Waals surface area (Å²) < 4.78 is 0. The van der Waals surface area contributed by atoms with Crippen LogP contribution in [0.2, 0.25) is 0 Å². The maximum atomic E-state index is 13.6. The number of rotatable bonds is 12. The molecule has 41 heavy (non-hydrogen) atoms. The lowest BCUT2D eigenvalue weighted by molar-refractivity contribution is -0.142. The van der Waals surface area contributed by atoms with Gasteiger partial charge in [0.2, 0.25) is 17.7 Å². The smallest absolute Gasteiger partial charge is 0.320 e. The number of fused-ring (bicyclic) bond motifs is 1. The van der Waals surface area contributed by atoms with Gasteiger partial charge in [-0.3, -0.25) is 24.6 Å². The number of nitrogens with two attached hydrogens (primary N) is 2. The molecule has 0 saturated carbocycles. The van der Waals surface area contributed by atoms with Crippen LogP contribution in [0.4, 0.5) is 0 Å². The molecule has 0 bridgehead atoms. The number of nitrogen functional groups attached to an aromatic ring is 1. The van der Waals surface area contributed by atoms with Gasteiger partial charge in [-0.15, -0.1) is 0 Å². The molecule has 222 valence electrons. The van der Waals surface area contributed by atoms with Gasteiger partial charge in [0.1, 0.15) is 17.4 Å². The first-order valence-corrected chi connectivity index (χ1v) is 14.4. The number of carboxylic acids is 1. The summed E-state index contributed by atoms with van der Waals surface area (Å²) >= 11 is 0. The van der Waals surface area contributed by atoms with E-state index < -0.39 is 23.5 Å². The third-order valence-electron chi connectivity index (χ3n) is 8.42. The van der Waals surface area contributed by atoms with Crippen LogP contribution in [-0.4, -0.2) is 75.2 Å². The number of carbonyl (C=O) groups excluding carboxylic acids is 3. The van der Waals surface area contributed by atoms with Crippen molar-refractivity contribution in [3.63, 3.8) is 0 Å². The van der Waals surface area contributed by atoms with Crippen molar-refractivity contribution in [3.05, 3.63) is 35.0 Å². The van der Waals surface area contributed by atoms with Crippen LogP contribution < -0.4 is 22.1 Å². The molecule has 12 nitrogen and oxygen atoms in total. The molecule has 9 N–H and O–H groups in total. The fourth-order valence-corrected chi connectivity index (χ4v) is 6.18. The summed E-state index contributed by atoms with van der Waals surface area (Å²) in [6.07, 6.45) is 4.65. The second-order valence-corrected chi connectivity index (χ2v) is 11.2. The first kappa shape index (κ1) is 30.0. The number of amidine groups is 1. The van der Waals surface area contributed by atoms with Gasteiger partial charge in [0.05, 0.1) is 6.42 Å². The highest BCUT2D eigenvalue weighted by Crippen LogP contribution is 2.30. The van der Waals surface area contributed by atoms with Crippen LogP contribution in [-0.2, 0) is 32.0 Å². The van der Waals surface area contributed by atoms with Crippen molar-refractivity contribution < 1.29 is 24.3 Å². The Hall–Kier alpha value is -3.93. The normalized spacial score (nSPS) is 21.5. The Labute approximate surface area is 239 Å². The Morgan fingerprint density at radius 1 is 1.29 bits per heavy atom. The number of aromatic amines is 1. The molecule has 0 radical (unpaired) electrons. The minimum absolute atomic E-state index is 0.0133. The molecule has 0 aliphatic carbocycles. The largest absolute Gasteiger partial charge is 0.480 e. The van der Waals surface area contributed by atoms with Gasteiger partial charge in [-0.1, -0.05) is 19.1 Å². The van der Waals surface area contributed by atoms with E-state index in [1.165, 1.54) is 5.56 Å². The SMILES string of the molecule is CCc1c(CC[C@@H]2CCCN2C(=O)C[C@@]2(NC(=O)CC[C@@H](N)C(=O)O)CCCNC2=O)[nH]c2cc(C(=N)N)ccc12. The number of aryl methyl sites for hydroxylation is 2. The summed E-state index contributed by atoms with van der Waals surface area (Å²) in [4.78, 5) is 55.8. The zero-order chi connectivity index (χ0) is 29.7. The summed E-state index contributed by atoms with van der Waals surface area (Å²) in [6.45, 7) is 3.17. The van der Waals surface area contributed by atoms with E-state index >= 15 is 0 Å². The molecule has 3 amide bonds. The van der Waals surface area contributed by atoms with Gasteiger partial charge in [0.15, 0.2) is 0 Å². The number of aliphatic carboxylic acids is 1. The Morgan fingerprint density at radius 2 is 2.07 bits per heavy atom. The highest BCUT2D eigenvalue weighted by atomic mass is 16.4. The molecule has 2 aliphatic heterocycles. The molecule has 2 aromatic rings. The standard InChI is InChI=1S/C29H41N7O5/c1-2-19-20-8-6-17(26(31)32)15-23(20)34-22(19)10-7-18-5-3-14-36(18)25(38)16-29(12-4-13-33-28(29)41)35-24(37)11-9-21(30)27(39)40/h6,8,15,18,21,34H,2-5,7,9-14,16,30H2,1H3,(H3,31,32)(H,33,41)(H,35,37)(H,39,40)/t18-,21+,29-/m0/s1. The first-order valence-electron chi connectivity index (χ1n) is 14.4. The number of amides is 3. The minimum atomic E-state index is -1.37. The van der Waals surface area contributed by atoms with E-state index in [1.807, 2.05) is 23.1 Å². The van der Waals surface area contributed by atoms with Crippen molar-refractivity contribution in [2.24, 2.45) is 11.5 Å². The molecule has 0 unspecified atom stereocenters. The third-order valence-corrected chi connectivity index (χ3v) is 8.42. The summed E-state index contributed by atoms with van der Waals surface area (Å²) in [7, 11) is 0. The van der Waals surface area contributed by atoms with Gasteiger partial charge < -0.3 is 37.1 Å². The van der Waals surface area contributed by atoms with Crippen molar-refractivity contribution in [2.75, 3.05) is 13.1 Å². The fraction of sp³-hybridized carbons (Fsp3) is 0.552. The summed E-state index contributed by atoms with van der Waals surface area (Å²) in [5.74, 6) is -2.24. The Kier molecular flexibility index (Phi) is 9.31. The molecule has 3 heterocycles. The topological polar surface area (TPSA) is 207 Å². The second-order valence-electron chi connectivity index (χ2n) is 11.2. The van der Waals surface area contributed by atoms with Crippen molar-refractivity contribution in [1.29, 1.82) is 5.41 Å². The van der Waals surface area contributed by atoms with Gasteiger partial charge in [-0.25, -0.2) is 0 Å². The molecule has 4 rings (SSSR count). The number of hydrogen-bond acceptors (Lipinski definition) is 6. The quantitative estimate of drug-likeness (QED) is 0.147. The fourth-order valence-electron chi connectivity index (χ4n) is 6.18. The van der Waals surface area contributed by atoms with E-state index in [1.54, 1.807) is 0 Å². The molecule has 0 spiro atoms. The van der Waals surface area contributed by atoms with E-state index in [-0.39, 0.29) is 43.0 Å². The van der Waals surface area contributed by atoms with Crippen LogP contribution in [0.15, 0.2) is 18.2 Å². The number of benzene rings is 1. The average Bonchev–Trinajstić information content (AvgIpc) is 3.55. The summed E-state index contributed by atoms with van der Waals surface area (Å²) in [6, 6.07) is 4.58. The van der Waals surface area contributed by atoms with Gasteiger partial charge in [0, 0.05) is 47.7 Å². The van der Waals surface area contributed by atoms with E-state index in [2.05, 4.69) is 22.5 Å². The molecule has 2 fully saturated rings. The van der Waals surface area contributed by atoms with Crippen molar-refractivity contribution in [3.8, 4) is 0 Å². The lowest BCUT2D eigenvalue weighted by Crippen LogP contribution is -2.63. The lowest BCUT2D eigenvalue weighted by Gasteiger charge is -2.38. The average molecular weight is 568 g/mol. The van der Waals surface area contributed by atoms with Crippen LogP contribution in [0, 0.1) is 5.41 Å². The predicted molar refractivity (Wildman–Crippen MR) is 154 cm³/mol. The van der Waals surface area contributed by atoms with Gasteiger partial charge in [0.25, 0.3) is 0 Å². The molecule has 1 aromatic heterocycles. The number of carboxylic acid groups (broad SMARTS) is 1. The number of nitrogens with one attached hydrogen (secondary N) is 4. The maximum absolute atomic E-state index is 13.6. The molecular formula is C29H41N7O5. The van der Waals surface area contributed by atoms with Gasteiger partial charge in [-0.05, 0) is 63.0 Å². The van der Waals surface area contributed by atoms with E-state index in [9.17, 15) is 19.2 Å². The maximum Gasteiger partial charge on any atom is 0.320 e. The van der Waals surface area contributed by atoms with Gasteiger partial charge in [-0.2, -0.15) is 0 Å². The number of carbonyl (C=O) groups is 4. The Balaban J connectivity index is 1.44. The molecular weight excluding hydrogens is 526 g/mol. The number of nitrogens with zero attached hydrogens (tertiary/aromatic N) is 1. The monoisotopic (exact) mass is 567 g/mol. The van der Waals surface area contributed by atoms with Crippen LogP contribution in [0.1, 0.15) is 75.1 Å². The minimum Gasteiger partial charge on any atom is -0.480 e. The highest BCUT2D eigenvalue weighted by Gasteiger charge is 2.45. The van der Waals surface area contributed by atoms with Crippen LogP contribution in [0.3, 0.4) is 0 Å². The lowest BCUT2D eigenvalue weighted by atomic mass is 9.84. The Bertz CT molecular complexity index is 1340. The van der Waals surface area contributed by atoms with E-state index in [0.29, 0.717) is 31.5 Å². The molecule has 3 atom stereocenters. The van der Waals surface area contributed by atoms with E-state index in [0.717, 1.165) is 48.7 Å². The van der Waals surface area contributed by atoms with Crippen LogP contribution in [0.5, 0.6) is 0 Å². The summed E-state index contributed by atoms with van der Waals surface area (Å²) in [5, 5.41) is 23.4. The number of likely N-dealkylation sites (tertiary alicyclic amines) is 1. The zero-order valence-corrected chi connectivity index (χ0v) is 23.6. The predicted octanol–water partition coefficient (Wildman–Crippen LogP) is 1.29. The number of H-pyrrole nitrogens is 1. The number of aromatic nitrogens is 1. The molecule has 2 saturated heterocycles. The number of piperidine rings is 1. The van der Waals surface area contributed by atoms with Crippen LogP contribution in [0.25, 0.3) is 10.9 Å². The molecule has 12 heteroatoms. The molecule has 1 aromatic carbocycles. The van der Waals surface area contributed by atoms with Crippen LogP contribution >= 0.6 is 0 Å². The molecule has 2 aliphatic rings. The summed E-state index contributed by atoms with van der Waals surface area (Å²) in [5.41, 5.74) is 13.8. The van der Waals surface area contributed by atoms with Crippen molar-refractivity contribution >= 4 is 40.4 Å². The number of hydrogen-bond donors (Lipinski definition) is 7.